The molecule has 3 rings (SSSR count). The van der Waals surface area contributed by atoms with Crippen molar-refractivity contribution in [1.29, 1.82) is 0 Å². The van der Waals surface area contributed by atoms with Crippen LogP contribution in [0.4, 0.5) is 0 Å². The molecule has 0 N–H and O–H groups in total. The van der Waals surface area contributed by atoms with E-state index in [1.165, 1.54) is 11.3 Å². The second-order valence-electron chi connectivity index (χ2n) is 5.72. The molecule has 1 aliphatic heterocycles. The van der Waals surface area contributed by atoms with E-state index in [1.54, 1.807) is 11.3 Å². The first-order valence-corrected chi connectivity index (χ1v) is 7.98. The lowest BCUT2D eigenvalue weighted by Gasteiger charge is -2.37. The topological polar surface area (TPSA) is 36.4 Å². The summed E-state index contributed by atoms with van der Waals surface area (Å²) in [5.41, 5.74) is 1.89. The minimum atomic E-state index is 0.335. The molecule has 0 aromatic carbocycles. The molecule has 2 heterocycles. The summed E-state index contributed by atoms with van der Waals surface area (Å²) in [6, 6.07) is 0.398. The molecule has 1 amide bonds. The summed E-state index contributed by atoms with van der Waals surface area (Å²) in [4.78, 5) is 22.0. The average Bonchev–Trinajstić information content (AvgIpc) is 3.16. The Morgan fingerprint density at radius 1 is 1.53 bits per heavy atom. The van der Waals surface area contributed by atoms with Gasteiger partial charge in [0.05, 0.1) is 5.51 Å². The van der Waals surface area contributed by atoms with Crippen molar-refractivity contribution in [2.45, 2.75) is 38.3 Å². The van der Waals surface area contributed by atoms with Gasteiger partial charge in [-0.2, -0.15) is 0 Å². The zero-order valence-electron chi connectivity index (χ0n) is 11.4. The summed E-state index contributed by atoms with van der Waals surface area (Å²) in [5, 5.41) is 0. The highest BCUT2D eigenvalue weighted by Crippen LogP contribution is 2.32. The maximum atomic E-state index is 12.1. The normalized spacial score (nSPS) is 24.4. The van der Waals surface area contributed by atoms with Gasteiger partial charge in [0.25, 0.3) is 0 Å². The summed E-state index contributed by atoms with van der Waals surface area (Å²) in [7, 11) is 1.99. The summed E-state index contributed by atoms with van der Waals surface area (Å²) in [6.45, 7) is 3.12. The molecule has 1 aromatic heterocycles. The minimum absolute atomic E-state index is 0.335. The minimum Gasteiger partial charge on any atom is -0.341 e. The van der Waals surface area contributed by atoms with Gasteiger partial charge in [-0.25, -0.2) is 0 Å². The number of hydrogen-bond donors (Lipinski definition) is 0. The van der Waals surface area contributed by atoms with Crippen LogP contribution in [0.1, 0.15) is 30.6 Å². The van der Waals surface area contributed by atoms with Crippen molar-refractivity contribution in [2.75, 3.05) is 20.1 Å². The predicted octanol–water partition coefficient (Wildman–Crippen LogP) is 1.98. The summed E-state index contributed by atoms with van der Waals surface area (Å²) < 4.78 is 0. The van der Waals surface area contributed by atoms with Gasteiger partial charge in [-0.15, -0.1) is 11.3 Å². The Morgan fingerprint density at radius 2 is 2.37 bits per heavy atom. The van der Waals surface area contributed by atoms with Crippen molar-refractivity contribution in [3.05, 3.63) is 16.6 Å². The first-order valence-electron chi connectivity index (χ1n) is 7.10. The molecule has 1 saturated heterocycles. The van der Waals surface area contributed by atoms with E-state index in [1.807, 2.05) is 23.7 Å². The number of likely N-dealkylation sites (tertiary alicyclic amines) is 1. The molecule has 0 bridgehead atoms. The molecule has 1 aromatic rings. The molecular weight excluding hydrogens is 258 g/mol. The molecule has 5 heteroatoms. The standard InChI is InChI=1S/C14H21N3OS/c1-16(14(18)11-4-5-11)12-3-2-6-17(8-12)9-13-7-15-10-19-13/h7,10-12H,2-6,8-9H2,1H3. The Bertz CT molecular complexity index is 430. The second kappa shape index (κ2) is 5.59. The lowest BCUT2D eigenvalue weighted by atomic mass is 10.0. The van der Waals surface area contributed by atoms with E-state index in [4.69, 9.17) is 0 Å². The summed E-state index contributed by atoms with van der Waals surface area (Å²) in [6.07, 6.45) is 6.48. The van der Waals surface area contributed by atoms with Gasteiger partial charge in [0.2, 0.25) is 5.91 Å². The number of piperidine rings is 1. The monoisotopic (exact) mass is 279 g/mol. The third-order valence-corrected chi connectivity index (χ3v) is 4.93. The first-order chi connectivity index (χ1) is 9.24. The SMILES string of the molecule is CN(C(=O)C1CC1)C1CCCN(Cc2cncs2)C1. The van der Waals surface area contributed by atoms with Crippen LogP contribution in [0.3, 0.4) is 0 Å². The molecule has 0 spiro atoms. The van der Waals surface area contributed by atoms with E-state index in [9.17, 15) is 4.79 Å². The van der Waals surface area contributed by atoms with Crippen LogP contribution in [0.2, 0.25) is 0 Å². The van der Waals surface area contributed by atoms with Gasteiger partial charge in [-0.1, -0.05) is 0 Å². The van der Waals surface area contributed by atoms with Crippen LogP contribution >= 0.6 is 11.3 Å². The van der Waals surface area contributed by atoms with Crippen LogP contribution in [0.5, 0.6) is 0 Å². The Labute approximate surface area is 118 Å². The highest BCUT2D eigenvalue weighted by atomic mass is 32.1. The number of amides is 1. The largest absolute Gasteiger partial charge is 0.341 e. The average molecular weight is 279 g/mol. The van der Waals surface area contributed by atoms with Crippen LogP contribution in [0.25, 0.3) is 0 Å². The number of aromatic nitrogens is 1. The zero-order chi connectivity index (χ0) is 13.2. The molecule has 1 aliphatic carbocycles. The Balaban J connectivity index is 1.56. The van der Waals surface area contributed by atoms with Crippen molar-refractivity contribution in [2.24, 2.45) is 5.92 Å². The number of carbonyl (C=O) groups is 1. The van der Waals surface area contributed by atoms with Crippen LogP contribution in [0.15, 0.2) is 11.7 Å². The molecule has 0 radical (unpaired) electrons. The summed E-state index contributed by atoms with van der Waals surface area (Å²) in [5.74, 6) is 0.700. The predicted molar refractivity (Wildman–Crippen MR) is 75.9 cm³/mol. The van der Waals surface area contributed by atoms with Gasteiger partial charge in [-0.05, 0) is 32.2 Å². The van der Waals surface area contributed by atoms with Crippen molar-refractivity contribution < 1.29 is 4.79 Å². The van der Waals surface area contributed by atoms with E-state index < -0.39 is 0 Å². The summed E-state index contributed by atoms with van der Waals surface area (Å²) >= 11 is 1.71. The van der Waals surface area contributed by atoms with Gasteiger partial charge in [0, 0.05) is 43.2 Å². The van der Waals surface area contributed by atoms with E-state index in [-0.39, 0.29) is 0 Å². The third kappa shape index (κ3) is 3.15. The van der Waals surface area contributed by atoms with Crippen molar-refractivity contribution in [3.63, 3.8) is 0 Å². The molecule has 19 heavy (non-hydrogen) atoms. The number of nitrogens with zero attached hydrogens (tertiary/aromatic N) is 3. The quantitative estimate of drug-likeness (QED) is 0.845. The fourth-order valence-corrected chi connectivity index (χ4v) is 3.47. The smallest absolute Gasteiger partial charge is 0.225 e. The number of hydrogen-bond acceptors (Lipinski definition) is 4. The second-order valence-corrected chi connectivity index (χ2v) is 6.69. The first kappa shape index (κ1) is 13.1. The zero-order valence-corrected chi connectivity index (χ0v) is 12.2. The number of likely N-dealkylation sites (N-methyl/N-ethyl adjacent to an activating group) is 1. The van der Waals surface area contributed by atoms with Gasteiger partial charge in [-0.3, -0.25) is 14.7 Å². The van der Waals surface area contributed by atoms with Crippen molar-refractivity contribution >= 4 is 17.2 Å². The van der Waals surface area contributed by atoms with Crippen LogP contribution in [-0.2, 0) is 11.3 Å². The van der Waals surface area contributed by atoms with Gasteiger partial charge in [0.1, 0.15) is 0 Å². The molecular formula is C14H21N3OS. The fourth-order valence-electron chi connectivity index (χ4n) is 2.83. The van der Waals surface area contributed by atoms with Gasteiger partial charge in [0.15, 0.2) is 0 Å². The number of carbonyl (C=O) groups excluding carboxylic acids is 1. The third-order valence-electron chi connectivity index (χ3n) is 4.17. The molecule has 1 unspecified atom stereocenters. The molecule has 104 valence electrons. The molecule has 2 fully saturated rings. The molecule has 4 nitrogen and oxygen atoms in total. The molecule has 2 aliphatic rings. The Hall–Kier alpha value is -0.940. The maximum Gasteiger partial charge on any atom is 0.225 e. The van der Waals surface area contributed by atoms with E-state index in [0.29, 0.717) is 17.9 Å². The Morgan fingerprint density at radius 3 is 3.05 bits per heavy atom. The highest BCUT2D eigenvalue weighted by Gasteiger charge is 2.35. The van der Waals surface area contributed by atoms with E-state index >= 15 is 0 Å². The lowest BCUT2D eigenvalue weighted by molar-refractivity contribution is -0.134. The highest BCUT2D eigenvalue weighted by molar-refractivity contribution is 7.09. The molecule has 1 atom stereocenters. The molecule has 1 saturated carbocycles. The number of rotatable bonds is 4. The fraction of sp³-hybridized carbons (Fsp3) is 0.714. The maximum absolute atomic E-state index is 12.1. The van der Waals surface area contributed by atoms with E-state index in [2.05, 4.69) is 9.88 Å². The van der Waals surface area contributed by atoms with E-state index in [0.717, 1.165) is 38.9 Å². The van der Waals surface area contributed by atoms with Crippen LogP contribution in [0, 0.1) is 5.92 Å². The number of thiazole rings is 1. The van der Waals surface area contributed by atoms with Gasteiger partial charge >= 0.3 is 0 Å². The van der Waals surface area contributed by atoms with Crippen molar-refractivity contribution in [3.8, 4) is 0 Å². The Kier molecular flexibility index (Phi) is 3.84. The van der Waals surface area contributed by atoms with Crippen LogP contribution in [-0.4, -0.2) is 46.9 Å². The van der Waals surface area contributed by atoms with Crippen molar-refractivity contribution in [1.82, 2.24) is 14.8 Å². The van der Waals surface area contributed by atoms with Gasteiger partial charge < -0.3 is 4.90 Å². The lowest BCUT2D eigenvalue weighted by Crippen LogP contribution is -2.48. The van der Waals surface area contributed by atoms with Crippen LogP contribution < -0.4 is 0 Å².